The van der Waals surface area contributed by atoms with Crippen LogP contribution in [0, 0.1) is 29.3 Å². The Kier molecular flexibility index (Phi) is 6.23. The van der Waals surface area contributed by atoms with Crippen LogP contribution in [0.2, 0.25) is 0 Å². The highest BCUT2D eigenvalue weighted by Crippen LogP contribution is 2.42. The van der Waals surface area contributed by atoms with E-state index in [2.05, 4.69) is 10.2 Å². The van der Waals surface area contributed by atoms with Crippen molar-refractivity contribution in [2.45, 2.75) is 39.1 Å². The van der Waals surface area contributed by atoms with Crippen molar-refractivity contribution >= 4 is 5.97 Å². The van der Waals surface area contributed by atoms with Crippen molar-refractivity contribution in [3.63, 3.8) is 0 Å². The Bertz CT molecular complexity index is 867. The minimum Gasteiger partial charge on any atom is -0.463 e. The van der Waals surface area contributed by atoms with Crippen LogP contribution in [-0.4, -0.2) is 42.3 Å². The zero-order chi connectivity index (χ0) is 21.3. The maximum absolute atomic E-state index is 13.5. The molecule has 1 aromatic heterocycles. The molecule has 1 saturated heterocycles. The van der Waals surface area contributed by atoms with Gasteiger partial charge in [0.05, 0.1) is 6.10 Å². The predicted octanol–water partition coefficient (Wildman–Crippen LogP) is 3.44. The Morgan fingerprint density at radius 1 is 1.14 bits per heavy atom. The molecule has 10 heteroatoms. The monoisotopic (exact) mass is 414 g/mol. The lowest BCUT2D eigenvalue weighted by molar-refractivity contribution is -0.239. The SMILES string of the molecule is CO[C@H]1OC(COC(C)=O)[C@H](C)[C@H](c2nnc(-c3cc(F)c(F)c(F)c3)o2)C1C. The maximum Gasteiger partial charge on any atom is 0.302 e. The smallest absolute Gasteiger partial charge is 0.302 e. The number of carbonyl (C=O) groups is 1. The Balaban J connectivity index is 1.90. The summed E-state index contributed by atoms with van der Waals surface area (Å²) in [6.45, 7) is 5.07. The molecule has 2 aromatic rings. The van der Waals surface area contributed by atoms with Crippen LogP contribution in [0.1, 0.15) is 32.6 Å². The van der Waals surface area contributed by atoms with E-state index in [1.54, 1.807) is 0 Å². The van der Waals surface area contributed by atoms with Crippen molar-refractivity contribution in [2.75, 3.05) is 13.7 Å². The summed E-state index contributed by atoms with van der Waals surface area (Å²) in [5.74, 6) is -5.41. The van der Waals surface area contributed by atoms with Gasteiger partial charge >= 0.3 is 5.97 Å². The quantitative estimate of drug-likeness (QED) is 0.547. The van der Waals surface area contributed by atoms with Gasteiger partial charge in [0.2, 0.25) is 11.8 Å². The van der Waals surface area contributed by atoms with E-state index in [1.807, 2.05) is 13.8 Å². The molecule has 7 nitrogen and oxygen atoms in total. The molecule has 0 bridgehead atoms. The molecular weight excluding hydrogens is 393 g/mol. The summed E-state index contributed by atoms with van der Waals surface area (Å²) in [5.41, 5.74) is -0.0766. The van der Waals surface area contributed by atoms with E-state index in [1.165, 1.54) is 14.0 Å². The van der Waals surface area contributed by atoms with Gasteiger partial charge in [-0.1, -0.05) is 13.8 Å². The van der Waals surface area contributed by atoms with Crippen molar-refractivity contribution in [1.29, 1.82) is 0 Å². The topological polar surface area (TPSA) is 83.7 Å². The summed E-state index contributed by atoms with van der Waals surface area (Å²) in [7, 11) is 1.49. The highest BCUT2D eigenvalue weighted by atomic mass is 19.2. The highest BCUT2D eigenvalue weighted by Gasteiger charge is 2.45. The van der Waals surface area contributed by atoms with E-state index in [4.69, 9.17) is 18.6 Å². The molecule has 0 N–H and O–H groups in total. The van der Waals surface area contributed by atoms with Crippen LogP contribution in [0.4, 0.5) is 13.2 Å². The molecule has 0 radical (unpaired) electrons. The molecule has 2 unspecified atom stereocenters. The number of benzene rings is 1. The number of aromatic nitrogens is 2. The summed E-state index contributed by atoms with van der Waals surface area (Å²) in [4.78, 5) is 11.2. The fourth-order valence-electron chi connectivity index (χ4n) is 3.57. The predicted molar refractivity (Wildman–Crippen MR) is 93.0 cm³/mol. The average molecular weight is 414 g/mol. The molecule has 2 heterocycles. The maximum atomic E-state index is 13.5. The molecule has 0 amide bonds. The van der Waals surface area contributed by atoms with Crippen LogP contribution in [0.25, 0.3) is 11.5 Å². The first-order valence-corrected chi connectivity index (χ1v) is 9.02. The summed E-state index contributed by atoms with van der Waals surface area (Å²) in [6.07, 6.45) is -1.10. The third kappa shape index (κ3) is 4.27. The second-order valence-corrected chi connectivity index (χ2v) is 7.02. The summed E-state index contributed by atoms with van der Waals surface area (Å²) in [6, 6.07) is 1.57. The van der Waals surface area contributed by atoms with Crippen LogP contribution in [0.5, 0.6) is 0 Å². The van der Waals surface area contributed by atoms with Crippen molar-refractivity contribution < 1.29 is 36.6 Å². The van der Waals surface area contributed by atoms with Gasteiger partial charge in [-0.3, -0.25) is 4.79 Å². The van der Waals surface area contributed by atoms with Gasteiger partial charge in [0, 0.05) is 31.4 Å². The number of halogens is 3. The van der Waals surface area contributed by atoms with Gasteiger partial charge in [-0.15, -0.1) is 10.2 Å². The van der Waals surface area contributed by atoms with Crippen LogP contribution in [0.15, 0.2) is 16.5 Å². The molecular formula is C19H21F3N2O5. The molecule has 1 aromatic carbocycles. The summed E-state index contributed by atoms with van der Waals surface area (Å²) >= 11 is 0. The fourth-order valence-corrected chi connectivity index (χ4v) is 3.57. The molecule has 0 aliphatic carbocycles. The number of esters is 1. The zero-order valence-corrected chi connectivity index (χ0v) is 16.3. The minimum absolute atomic E-state index is 0.0228. The van der Waals surface area contributed by atoms with Gasteiger partial charge in [-0.2, -0.15) is 0 Å². The van der Waals surface area contributed by atoms with E-state index in [9.17, 15) is 18.0 Å². The molecule has 1 fully saturated rings. The summed E-state index contributed by atoms with van der Waals surface area (Å²) in [5, 5.41) is 7.88. The van der Waals surface area contributed by atoms with Crippen LogP contribution >= 0.6 is 0 Å². The lowest BCUT2D eigenvalue weighted by Crippen LogP contribution is -2.47. The highest BCUT2D eigenvalue weighted by molar-refractivity contribution is 5.65. The van der Waals surface area contributed by atoms with E-state index in [-0.39, 0.29) is 41.7 Å². The van der Waals surface area contributed by atoms with Gasteiger partial charge < -0.3 is 18.6 Å². The van der Waals surface area contributed by atoms with Crippen molar-refractivity contribution in [2.24, 2.45) is 11.8 Å². The molecule has 5 atom stereocenters. The van der Waals surface area contributed by atoms with Gasteiger partial charge in [-0.05, 0) is 18.1 Å². The van der Waals surface area contributed by atoms with E-state index >= 15 is 0 Å². The molecule has 0 spiro atoms. The van der Waals surface area contributed by atoms with Gasteiger partial charge in [-0.25, -0.2) is 13.2 Å². The molecule has 3 rings (SSSR count). The number of hydrogen-bond donors (Lipinski definition) is 0. The van der Waals surface area contributed by atoms with Crippen LogP contribution in [0.3, 0.4) is 0 Å². The first-order valence-electron chi connectivity index (χ1n) is 9.02. The van der Waals surface area contributed by atoms with Gasteiger partial charge in [0.25, 0.3) is 0 Å². The van der Waals surface area contributed by atoms with E-state index < -0.39 is 35.8 Å². The first kappa shape index (κ1) is 21.3. The summed E-state index contributed by atoms with van der Waals surface area (Å²) < 4.78 is 62.3. The van der Waals surface area contributed by atoms with Crippen LogP contribution < -0.4 is 0 Å². The third-order valence-corrected chi connectivity index (χ3v) is 5.10. The molecule has 29 heavy (non-hydrogen) atoms. The number of methoxy groups -OCH3 is 1. The molecule has 0 saturated carbocycles. The lowest BCUT2D eigenvalue weighted by atomic mass is 9.77. The Morgan fingerprint density at radius 3 is 2.38 bits per heavy atom. The second-order valence-electron chi connectivity index (χ2n) is 7.02. The Labute approximate surface area is 165 Å². The second kappa shape index (κ2) is 8.50. The number of hydrogen-bond acceptors (Lipinski definition) is 7. The first-order chi connectivity index (χ1) is 13.7. The number of rotatable bonds is 5. The molecule has 1 aliphatic rings. The third-order valence-electron chi connectivity index (χ3n) is 5.10. The van der Waals surface area contributed by atoms with Gasteiger partial charge in [0.1, 0.15) is 6.61 Å². The minimum atomic E-state index is -1.57. The van der Waals surface area contributed by atoms with Gasteiger partial charge in [0.15, 0.2) is 23.7 Å². The zero-order valence-electron chi connectivity index (χ0n) is 16.3. The fraction of sp³-hybridized carbons (Fsp3) is 0.526. The number of carbonyl (C=O) groups excluding carboxylic acids is 1. The van der Waals surface area contributed by atoms with Crippen molar-refractivity contribution in [3.8, 4) is 11.5 Å². The normalized spacial score (nSPS) is 27.1. The Hall–Kier alpha value is -2.46. The lowest BCUT2D eigenvalue weighted by Gasteiger charge is -2.42. The molecule has 1 aliphatic heterocycles. The average Bonchev–Trinajstić information content (AvgIpc) is 3.15. The van der Waals surface area contributed by atoms with Crippen LogP contribution in [-0.2, 0) is 19.0 Å². The number of nitrogens with zero attached hydrogens (tertiary/aromatic N) is 2. The van der Waals surface area contributed by atoms with E-state index in [0.717, 1.165) is 12.1 Å². The number of ether oxygens (including phenoxy) is 3. The van der Waals surface area contributed by atoms with Crippen molar-refractivity contribution in [3.05, 3.63) is 35.5 Å². The van der Waals surface area contributed by atoms with Crippen molar-refractivity contribution in [1.82, 2.24) is 10.2 Å². The molecule has 158 valence electrons. The standard InChI is InChI=1S/C19H21F3N2O5/c1-8-14(7-27-10(3)25)28-19(26-4)9(2)15(8)18-24-23-17(29-18)11-5-12(20)16(22)13(21)6-11/h5-6,8-9,14-15,19H,7H2,1-4H3/t8-,9?,14?,15-,19-/m0/s1. The van der Waals surface area contributed by atoms with E-state index in [0.29, 0.717) is 0 Å². The largest absolute Gasteiger partial charge is 0.463 e. The Morgan fingerprint density at radius 2 is 1.79 bits per heavy atom.